The van der Waals surface area contributed by atoms with Crippen LogP contribution in [0, 0.1) is 6.92 Å². The molecule has 3 aromatic carbocycles. The number of hydrogen-bond donors (Lipinski definition) is 3. The van der Waals surface area contributed by atoms with Crippen molar-refractivity contribution in [2.24, 2.45) is 0 Å². The predicted octanol–water partition coefficient (Wildman–Crippen LogP) is 8.01. The summed E-state index contributed by atoms with van der Waals surface area (Å²) in [5, 5.41) is 15.6. The Morgan fingerprint density at radius 3 is 2.51 bits per heavy atom. The van der Waals surface area contributed by atoms with Crippen LogP contribution < -0.4 is 20.7 Å². The Balaban J connectivity index is 1.01. The number of carbonyl (C=O) groups is 2. The number of carbonyl (C=O) groups excluding carboxylic acids is 2. The second-order valence-corrected chi connectivity index (χ2v) is 13.0. The maximum Gasteiger partial charge on any atom is 0.324 e. The summed E-state index contributed by atoms with van der Waals surface area (Å²) >= 11 is 0. The molecule has 0 spiro atoms. The minimum absolute atomic E-state index is 0.0797. The Kier molecular flexibility index (Phi) is 10.5. The molecule has 0 bridgehead atoms. The van der Waals surface area contributed by atoms with Crippen LogP contribution in [-0.4, -0.2) is 60.8 Å². The molecule has 270 valence electrons. The number of likely N-dealkylation sites (tertiary alicyclic amines) is 1. The number of nitrogens with one attached hydrogen (secondary N) is 3. The van der Waals surface area contributed by atoms with Gasteiger partial charge in [-0.15, -0.1) is 0 Å². The zero-order chi connectivity index (χ0) is 36.7. The largest absolute Gasteiger partial charge is 0.488 e. The number of rotatable bonds is 12. The van der Waals surface area contributed by atoms with Crippen molar-refractivity contribution in [3.63, 3.8) is 0 Å². The quantitative estimate of drug-likeness (QED) is 0.116. The monoisotopic (exact) mass is 713 g/mol. The minimum Gasteiger partial charge on any atom is -0.488 e. The molecule has 12 nitrogen and oxygen atoms in total. The van der Waals surface area contributed by atoms with Crippen molar-refractivity contribution in [2.75, 3.05) is 29.0 Å². The summed E-state index contributed by atoms with van der Waals surface area (Å²) in [6.45, 7) is 4.88. The first-order chi connectivity index (χ1) is 25.8. The average molecular weight is 714 g/mol. The van der Waals surface area contributed by atoms with Gasteiger partial charge in [0.05, 0.1) is 36.0 Å². The lowest BCUT2D eigenvalue weighted by atomic mass is 10.1. The maximum absolute atomic E-state index is 13.5. The van der Waals surface area contributed by atoms with Gasteiger partial charge in [0.25, 0.3) is 5.91 Å². The number of urea groups is 1. The lowest BCUT2D eigenvalue weighted by Gasteiger charge is -2.15. The van der Waals surface area contributed by atoms with E-state index in [0.29, 0.717) is 41.9 Å². The van der Waals surface area contributed by atoms with Crippen LogP contribution >= 0.6 is 0 Å². The van der Waals surface area contributed by atoms with Crippen LogP contribution in [0.3, 0.4) is 0 Å². The van der Waals surface area contributed by atoms with Crippen LogP contribution in [-0.2, 0) is 13.0 Å². The number of fused-ring (bicyclic) bond motifs is 1. The molecule has 3 N–H and O–H groups in total. The fourth-order valence-corrected chi connectivity index (χ4v) is 6.15. The zero-order valence-electron chi connectivity index (χ0n) is 29.6. The molecule has 0 aliphatic carbocycles. The molecule has 1 aliphatic heterocycles. The minimum atomic E-state index is -1.000. The van der Waals surface area contributed by atoms with E-state index >= 15 is 0 Å². The normalized spacial score (nSPS) is 13.9. The van der Waals surface area contributed by atoms with E-state index in [2.05, 4.69) is 37.8 Å². The number of benzene rings is 3. The summed E-state index contributed by atoms with van der Waals surface area (Å²) in [7, 11) is 0. The van der Waals surface area contributed by atoms with E-state index in [0.717, 1.165) is 52.5 Å². The average Bonchev–Trinajstić information content (AvgIpc) is 3.79. The summed E-state index contributed by atoms with van der Waals surface area (Å²) in [4.78, 5) is 40.3. The lowest BCUT2D eigenvalue weighted by molar-refractivity contribution is 0.0776. The van der Waals surface area contributed by atoms with Gasteiger partial charge in [0, 0.05) is 29.6 Å². The second-order valence-electron chi connectivity index (χ2n) is 13.0. The number of halogens is 1. The molecule has 7 rings (SSSR count). The Labute approximate surface area is 306 Å². The van der Waals surface area contributed by atoms with Gasteiger partial charge in [-0.3, -0.25) is 10.1 Å². The summed E-state index contributed by atoms with van der Waals surface area (Å²) in [6.07, 6.45) is 6.71. The molecular weight excluding hydrogens is 673 g/mol. The van der Waals surface area contributed by atoms with Crippen molar-refractivity contribution in [3.05, 3.63) is 120 Å². The number of alkyl halides is 1. The Hall–Kier alpha value is -6.37. The summed E-state index contributed by atoms with van der Waals surface area (Å²) in [5.41, 5.74) is 4.57. The highest BCUT2D eigenvalue weighted by molar-refractivity contribution is 6.07. The number of anilines is 4. The Bertz CT molecular complexity index is 2220. The summed E-state index contributed by atoms with van der Waals surface area (Å²) in [6, 6.07) is 24.6. The number of nitrogens with zero attached hydrogens (tertiary/aromatic N) is 6. The van der Waals surface area contributed by atoms with E-state index in [1.165, 1.54) is 17.3 Å². The Morgan fingerprint density at radius 2 is 1.75 bits per heavy atom. The van der Waals surface area contributed by atoms with Crippen LogP contribution in [0.15, 0.2) is 97.5 Å². The zero-order valence-corrected chi connectivity index (χ0v) is 29.6. The van der Waals surface area contributed by atoms with E-state index < -0.39 is 6.17 Å². The van der Waals surface area contributed by atoms with Gasteiger partial charge in [0.2, 0.25) is 0 Å². The van der Waals surface area contributed by atoms with Crippen LogP contribution in [0.1, 0.15) is 53.5 Å². The molecule has 4 heterocycles. The number of ether oxygens (including phenoxy) is 1. The molecule has 1 saturated heterocycles. The number of aromatic nitrogens is 5. The fourth-order valence-electron chi connectivity index (χ4n) is 6.15. The van der Waals surface area contributed by atoms with Crippen LogP contribution in [0.5, 0.6) is 5.75 Å². The second kappa shape index (κ2) is 15.9. The number of amides is 3. The number of unbranched alkanes of at least 4 members (excludes halogenated alkanes) is 1. The SMILES string of the molecule is CCCCc1cc(NC(=O)Nc2ccc(OCc3ccnc(Nc4cnc(C(=O)N5CCC(F)C5)cn4)c3)c3ccccc23)n(-c2ccc(C)cc2)n1. The molecule has 1 aliphatic rings. The van der Waals surface area contributed by atoms with Gasteiger partial charge < -0.3 is 20.3 Å². The fraction of sp³-hybridized carbons (Fsp3) is 0.250. The van der Waals surface area contributed by atoms with Crippen LogP contribution in [0.25, 0.3) is 16.5 Å². The molecule has 1 unspecified atom stereocenters. The number of aryl methyl sites for hydroxylation is 2. The third-order valence-electron chi connectivity index (χ3n) is 8.96. The molecule has 3 aromatic heterocycles. The van der Waals surface area contributed by atoms with Crippen LogP contribution in [0.2, 0.25) is 0 Å². The molecule has 0 saturated carbocycles. The number of pyridine rings is 1. The number of hydrogen-bond acceptors (Lipinski definition) is 8. The van der Waals surface area contributed by atoms with E-state index in [-0.39, 0.29) is 30.8 Å². The van der Waals surface area contributed by atoms with Crippen LogP contribution in [0.4, 0.5) is 32.3 Å². The van der Waals surface area contributed by atoms with Gasteiger partial charge in [-0.25, -0.2) is 28.8 Å². The van der Waals surface area contributed by atoms with Crippen molar-refractivity contribution >= 4 is 45.9 Å². The molecule has 6 aromatic rings. The first kappa shape index (κ1) is 35.1. The van der Waals surface area contributed by atoms with E-state index in [9.17, 15) is 14.0 Å². The summed E-state index contributed by atoms with van der Waals surface area (Å²) in [5.74, 6) is 1.84. The van der Waals surface area contributed by atoms with Crippen molar-refractivity contribution in [2.45, 2.75) is 52.3 Å². The van der Waals surface area contributed by atoms with Gasteiger partial charge in [-0.1, -0.05) is 55.3 Å². The van der Waals surface area contributed by atoms with Gasteiger partial charge in [0.15, 0.2) is 0 Å². The first-order valence-corrected chi connectivity index (χ1v) is 17.7. The smallest absolute Gasteiger partial charge is 0.324 e. The first-order valence-electron chi connectivity index (χ1n) is 17.7. The standard InChI is InChI=1S/C40H40FN9O3/c1-3-4-7-29-21-38(50(48-29)30-12-10-26(2)11-13-30)47-40(52)45-33-14-15-35(32-9-6-5-8-31(32)33)53-25-27-16-18-42-36(20-27)46-37-23-43-34(22-44-37)39(51)49-19-17-28(41)24-49/h5-6,8-16,18,20-23,28H,3-4,7,17,19,24-25H2,1-2H3,(H,42,44,46)(H2,45,47,52). The molecule has 1 fully saturated rings. The summed E-state index contributed by atoms with van der Waals surface area (Å²) < 4.78 is 21.6. The topological polar surface area (TPSA) is 139 Å². The molecule has 53 heavy (non-hydrogen) atoms. The van der Waals surface area contributed by atoms with Gasteiger partial charge >= 0.3 is 6.03 Å². The van der Waals surface area contributed by atoms with Gasteiger partial charge in [-0.2, -0.15) is 5.10 Å². The van der Waals surface area contributed by atoms with Gasteiger partial charge in [0.1, 0.15) is 41.7 Å². The molecule has 3 amide bonds. The maximum atomic E-state index is 13.5. The van der Waals surface area contributed by atoms with E-state index in [1.54, 1.807) is 10.9 Å². The van der Waals surface area contributed by atoms with E-state index in [1.807, 2.05) is 85.8 Å². The third kappa shape index (κ3) is 8.41. The van der Waals surface area contributed by atoms with Crippen molar-refractivity contribution in [1.29, 1.82) is 0 Å². The van der Waals surface area contributed by atoms with Crippen molar-refractivity contribution in [1.82, 2.24) is 29.6 Å². The highest BCUT2D eigenvalue weighted by Crippen LogP contribution is 2.32. The van der Waals surface area contributed by atoms with E-state index in [4.69, 9.17) is 9.84 Å². The lowest BCUT2D eigenvalue weighted by Crippen LogP contribution is -2.29. The third-order valence-corrected chi connectivity index (χ3v) is 8.96. The van der Waals surface area contributed by atoms with Crippen molar-refractivity contribution < 1.29 is 18.7 Å². The highest BCUT2D eigenvalue weighted by atomic mass is 19.1. The highest BCUT2D eigenvalue weighted by Gasteiger charge is 2.27. The van der Waals surface area contributed by atoms with Crippen molar-refractivity contribution in [3.8, 4) is 11.4 Å². The predicted molar refractivity (Wildman–Crippen MR) is 203 cm³/mol. The molecule has 13 heteroatoms. The molecular formula is C40H40FN9O3. The molecule has 1 atom stereocenters. The van der Waals surface area contributed by atoms with Gasteiger partial charge in [-0.05, 0) is 68.1 Å². The molecule has 0 radical (unpaired) electrons. The Morgan fingerprint density at radius 1 is 0.925 bits per heavy atom.